The van der Waals surface area contributed by atoms with E-state index < -0.39 is 6.10 Å². The topological polar surface area (TPSA) is 50.7 Å². The maximum Gasteiger partial charge on any atom is 0.280 e. The van der Waals surface area contributed by atoms with Gasteiger partial charge in [0.1, 0.15) is 5.75 Å². The maximum absolute atomic E-state index is 12.1. The summed E-state index contributed by atoms with van der Waals surface area (Å²) in [5.41, 5.74) is 5.65. The van der Waals surface area contributed by atoms with Crippen LogP contribution < -0.4 is 10.2 Å². The average molecular weight is 344 g/mol. The van der Waals surface area contributed by atoms with E-state index in [1.54, 1.807) is 13.1 Å². The van der Waals surface area contributed by atoms with Crippen LogP contribution in [-0.2, 0) is 4.79 Å². The summed E-state index contributed by atoms with van der Waals surface area (Å²) in [6.45, 7) is 1.69. The molecule has 1 atom stereocenters. The number of nitrogens with one attached hydrogen (secondary N) is 1. The first-order valence-corrected chi connectivity index (χ1v) is 8.42. The predicted molar refractivity (Wildman–Crippen MR) is 104 cm³/mol. The van der Waals surface area contributed by atoms with E-state index in [4.69, 9.17) is 4.74 Å². The normalized spacial score (nSPS) is 11.9. The number of carbonyl (C=O) groups is 1. The van der Waals surface area contributed by atoms with Crippen molar-refractivity contribution in [3.8, 4) is 16.9 Å². The number of rotatable bonds is 6. The molecule has 0 aliphatic heterocycles. The summed E-state index contributed by atoms with van der Waals surface area (Å²) in [6, 6.07) is 27.3. The third-order valence-electron chi connectivity index (χ3n) is 3.83. The number of amides is 1. The van der Waals surface area contributed by atoms with Gasteiger partial charge in [0.15, 0.2) is 6.10 Å². The highest BCUT2D eigenvalue weighted by atomic mass is 16.5. The fourth-order valence-corrected chi connectivity index (χ4v) is 2.41. The van der Waals surface area contributed by atoms with Crippen molar-refractivity contribution in [2.24, 2.45) is 5.10 Å². The predicted octanol–water partition coefficient (Wildman–Crippen LogP) is 4.27. The minimum Gasteiger partial charge on any atom is -0.481 e. The van der Waals surface area contributed by atoms with Gasteiger partial charge in [0.25, 0.3) is 5.91 Å². The third kappa shape index (κ3) is 4.80. The molecule has 3 aromatic carbocycles. The number of hydrogen-bond acceptors (Lipinski definition) is 3. The first-order chi connectivity index (χ1) is 12.7. The van der Waals surface area contributed by atoms with Crippen LogP contribution in [0.25, 0.3) is 11.1 Å². The molecule has 1 unspecified atom stereocenters. The van der Waals surface area contributed by atoms with Gasteiger partial charge in [-0.25, -0.2) is 5.43 Å². The van der Waals surface area contributed by atoms with E-state index in [1.807, 2.05) is 72.8 Å². The second-order valence-corrected chi connectivity index (χ2v) is 5.80. The highest BCUT2D eigenvalue weighted by molar-refractivity contribution is 5.84. The summed E-state index contributed by atoms with van der Waals surface area (Å²) in [6.07, 6.45) is 0.949. The van der Waals surface area contributed by atoms with Gasteiger partial charge in [-0.2, -0.15) is 5.10 Å². The molecule has 0 saturated carbocycles. The first-order valence-electron chi connectivity index (χ1n) is 8.42. The van der Waals surface area contributed by atoms with Gasteiger partial charge in [0.2, 0.25) is 0 Å². The number of nitrogens with zero attached hydrogens (tertiary/aromatic N) is 1. The van der Waals surface area contributed by atoms with Crippen LogP contribution in [0.3, 0.4) is 0 Å². The van der Waals surface area contributed by atoms with Gasteiger partial charge in [-0.3, -0.25) is 4.79 Å². The average Bonchev–Trinajstić information content (AvgIpc) is 2.70. The summed E-state index contributed by atoms with van der Waals surface area (Å²) >= 11 is 0. The Morgan fingerprint density at radius 2 is 1.46 bits per heavy atom. The highest BCUT2D eigenvalue weighted by Gasteiger charge is 2.13. The van der Waals surface area contributed by atoms with Crippen molar-refractivity contribution in [1.82, 2.24) is 5.43 Å². The molecule has 4 heteroatoms. The Morgan fingerprint density at radius 3 is 2.12 bits per heavy atom. The van der Waals surface area contributed by atoms with Gasteiger partial charge in [0.05, 0.1) is 6.21 Å². The molecule has 0 aliphatic rings. The molecule has 26 heavy (non-hydrogen) atoms. The lowest BCUT2D eigenvalue weighted by atomic mass is 10.1. The quantitative estimate of drug-likeness (QED) is 0.536. The molecule has 0 aromatic heterocycles. The van der Waals surface area contributed by atoms with E-state index in [0.29, 0.717) is 5.75 Å². The Labute approximate surface area is 153 Å². The number of carbonyl (C=O) groups excluding carboxylic acids is 1. The summed E-state index contributed by atoms with van der Waals surface area (Å²) in [5, 5.41) is 3.95. The van der Waals surface area contributed by atoms with E-state index in [-0.39, 0.29) is 5.91 Å². The smallest absolute Gasteiger partial charge is 0.280 e. The molecule has 0 heterocycles. The molecule has 0 spiro atoms. The van der Waals surface area contributed by atoms with Crippen LogP contribution in [0.5, 0.6) is 5.75 Å². The van der Waals surface area contributed by atoms with E-state index in [9.17, 15) is 4.79 Å². The molecule has 0 bridgehead atoms. The second-order valence-electron chi connectivity index (χ2n) is 5.80. The fourth-order valence-electron chi connectivity index (χ4n) is 2.41. The largest absolute Gasteiger partial charge is 0.481 e. The van der Waals surface area contributed by atoms with Crippen LogP contribution in [0, 0.1) is 0 Å². The molecule has 3 rings (SSSR count). The Balaban J connectivity index is 1.54. The first kappa shape index (κ1) is 17.4. The van der Waals surface area contributed by atoms with Crippen LogP contribution in [0.15, 0.2) is 90.0 Å². The molecule has 4 nitrogen and oxygen atoms in total. The monoisotopic (exact) mass is 344 g/mol. The molecular formula is C22H20N2O2. The van der Waals surface area contributed by atoms with Crippen LogP contribution >= 0.6 is 0 Å². The Bertz CT molecular complexity index is 860. The maximum atomic E-state index is 12.1. The van der Waals surface area contributed by atoms with Gasteiger partial charge in [-0.1, -0.05) is 72.8 Å². The van der Waals surface area contributed by atoms with Crippen LogP contribution in [0.4, 0.5) is 0 Å². The molecule has 0 radical (unpaired) electrons. The van der Waals surface area contributed by atoms with Crippen LogP contribution in [0.1, 0.15) is 12.5 Å². The standard InChI is InChI=1S/C22H20N2O2/c1-17(22(25)24-23-16-18-8-4-2-5-9-18)26-21-14-12-20(13-15-21)19-10-6-3-7-11-19/h2-17H,1H3,(H,24,25)/b23-16+. The molecule has 1 N–H and O–H groups in total. The molecule has 1 amide bonds. The van der Waals surface area contributed by atoms with Crippen molar-refractivity contribution in [1.29, 1.82) is 0 Å². The summed E-state index contributed by atoms with van der Waals surface area (Å²) in [7, 11) is 0. The SMILES string of the molecule is CC(Oc1ccc(-c2ccccc2)cc1)C(=O)N/N=C/c1ccccc1. The summed E-state index contributed by atoms with van der Waals surface area (Å²) < 4.78 is 5.68. The summed E-state index contributed by atoms with van der Waals surface area (Å²) in [4.78, 5) is 12.1. The summed E-state index contributed by atoms with van der Waals surface area (Å²) in [5.74, 6) is 0.337. The number of benzene rings is 3. The van der Waals surface area contributed by atoms with Gasteiger partial charge in [-0.15, -0.1) is 0 Å². The lowest BCUT2D eigenvalue weighted by molar-refractivity contribution is -0.127. The molecule has 0 fully saturated rings. The number of ether oxygens (including phenoxy) is 1. The van der Waals surface area contributed by atoms with Gasteiger partial charge in [-0.05, 0) is 35.7 Å². The van der Waals surface area contributed by atoms with Crippen molar-refractivity contribution >= 4 is 12.1 Å². The molecule has 130 valence electrons. The lowest BCUT2D eigenvalue weighted by Crippen LogP contribution is -2.33. The minimum atomic E-state index is -0.648. The van der Waals surface area contributed by atoms with Crippen molar-refractivity contribution in [2.45, 2.75) is 13.0 Å². The zero-order chi connectivity index (χ0) is 18.2. The molecule has 0 aliphatic carbocycles. The zero-order valence-corrected chi connectivity index (χ0v) is 14.5. The second kappa shape index (κ2) is 8.62. The number of hydrazone groups is 1. The third-order valence-corrected chi connectivity index (χ3v) is 3.83. The van der Waals surface area contributed by atoms with Crippen molar-refractivity contribution < 1.29 is 9.53 Å². The lowest BCUT2D eigenvalue weighted by Gasteiger charge is -2.13. The van der Waals surface area contributed by atoms with Crippen molar-refractivity contribution in [3.05, 3.63) is 90.5 Å². The minimum absolute atomic E-state index is 0.302. The Morgan fingerprint density at radius 1 is 0.885 bits per heavy atom. The van der Waals surface area contributed by atoms with Gasteiger partial charge in [0, 0.05) is 0 Å². The van der Waals surface area contributed by atoms with Gasteiger partial charge >= 0.3 is 0 Å². The van der Waals surface area contributed by atoms with Crippen LogP contribution in [0.2, 0.25) is 0 Å². The van der Waals surface area contributed by atoms with E-state index in [1.165, 1.54) is 0 Å². The molecule has 0 saturated heterocycles. The van der Waals surface area contributed by atoms with Crippen LogP contribution in [-0.4, -0.2) is 18.2 Å². The van der Waals surface area contributed by atoms with E-state index in [0.717, 1.165) is 16.7 Å². The highest BCUT2D eigenvalue weighted by Crippen LogP contribution is 2.22. The zero-order valence-electron chi connectivity index (χ0n) is 14.5. The Kier molecular flexibility index (Phi) is 5.78. The van der Waals surface area contributed by atoms with Gasteiger partial charge < -0.3 is 4.74 Å². The number of hydrogen-bond donors (Lipinski definition) is 1. The van der Waals surface area contributed by atoms with Crippen molar-refractivity contribution in [2.75, 3.05) is 0 Å². The van der Waals surface area contributed by atoms with E-state index in [2.05, 4.69) is 22.7 Å². The fraction of sp³-hybridized carbons (Fsp3) is 0.0909. The molecular weight excluding hydrogens is 324 g/mol. The Hall–Kier alpha value is -3.40. The van der Waals surface area contributed by atoms with Crippen molar-refractivity contribution in [3.63, 3.8) is 0 Å². The molecule has 3 aromatic rings. The van der Waals surface area contributed by atoms with E-state index >= 15 is 0 Å².